The zero-order valence-corrected chi connectivity index (χ0v) is 15.1. The van der Waals surface area contributed by atoms with Crippen molar-refractivity contribution in [1.82, 2.24) is 15.0 Å². The highest BCUT2D eigenvalue weighted by atomic mass is 35.5. The summed E-state index contributed by atoms with van der Waals surface area (Å²) in [4.78, 5) is 13.3. The van der Waals surface area contributed by atoms with Gasteiger partial charge < -0.3 is 10.4 Å². The second kappa shape index (κ2) is 7.53. The van der Waals surface area contributed by atoms with E-state index in [1.165, 1.54) is 11.8 Å². The van der Waals surface area contributed by atoms with Crippen LogP contribution in [0.4, 0.5) is 5.82 Å². The second-order valence-corrected chi connectivity index (χ2v) is 6.49. The van der Waals surface area contributed by atoms with E-state index in [1.54, 1.807) is 24.4 Å². The molecule has 0 aliphatic rings. The van der Waals surface area contributed by atoms with Crippen LogP contribution in [-0.4, -0.2) is 39.5 Å². The molecular formula is C16H14Cl2N4OS. The number of halogens is 2. The zero-order chi connectivity index (χ0) is 17.1. The first-order chi connectivity index (χ1) is 11.6. The number of aliphatic hydroxyl groups excluding tert-OH is 1. The first-order valence-corrected chi connectivity index (χ1v) is 9.13. The van der Waals surface area contributed by atoms with Crippen molar-refractivity contribution in [2.75, 3.05) is 24.7 Å². The van der Waals surface area contributed by atoms with Crippen molar-refractivity contribution >= 4 is 51.8 Å². The van der Waals surface area contributed by atoms with Gasteiger partial charge in [0.05, 0.1) is 16.7 Å². The van der Waals surface area contributed by atoms with Gasteiger partial charge in [-0.2, -0.15) is 0 Å². The molecule has 0 aliphatic heterocycles. The van der Waals surface area contributed by atoms with Gasteiger partial charge in [-0.3, -0.25) is 0 Å². The summed E-state index contributed by atoms with van der Waals surface area (Å²) in [6.07, 6.45) is 3.63. The molecule has 0 radical (unpaired) electrons. The smallest absolute Gasteiger partial charge is 0.189 e. The van der Waals surface area contributed by atoms with Gasteiger partial charge in [-0.05, 0) is 24.5 Å². The SMILES string of the molecule is CSc1ncc2cc(-c3c(Cl)cccc3Cl)c(NCCO)nc2n1. The van der Waals surface area contributed by atoms with E-state index in [0.717, 1.165) is 10.9 Å². The highest BCUT2D eigenvalue weighted by Gasteiger charge is 2.16. The van der Waals surface area contributed by atoms with Gasteiger partial charge in [-0.25, -0.2) is 15.0 Å². The van der Waals surface area contributed by atoms with Gasteiger partial charge >= 0.3 is 0 Å². The molecular weight excluding hydrogens is 367 g/mol. The first kappa shape index (κ1) is 17.2. The van der Waals surface area contributed by atoms with Crippen molar-refractivity contribution in [2.45, 2.75) is 5.16 Å². The van der Waals surface area contributed by atoms with Crippen LogP contribution in [0.2, 0.25) is 10.0 Å². The van der Waals surface area contributed by atoms with E-state index in [1.807, 2.05) is 12.3 Å². The molecule has 0 saturated heterocycles. The van der Waals surface area contributed by atoms with E-state index >= 15 is 0 Å². The number of thioether (sulfide) groups is 1. The molecule has 0 saturated carbocycles. The molecule has 5 nitrogen and oxygen atoms in total. The Hall–Kier alpha value is -1.60. The third kappa shape index (κ3) is 3.42. The molecule has 0 amide bonds. The third-order valence-corrected chi connectivity index (χ3v) is 4.56. The lowest BCUT2D eigenvalue weighted by Crippen LogP contribution is -2.09. The number of fused-ring (bicyclic) bond motifs is 1. The van der Waals surface area contributed by atoms with Gasteiger partial charge in [0.15, 0.2) is 10.8 Å². The second-order valence-electron chi connectivity index (χ2n) is 4.90. The van der Waals surface area contributed by atoms with Crippen LogP contribution in [0.1, 0.15) is 0 Å². The molecule has 2 aromatic heterocycles. The number of aromatic nitrogens is 3. The van der Waals surface area contributed by atoms with Crippen molar-refractivity contribution in [3.63, 3.8) is 0 Å². The standard InChI is InChI=1S/C16H14Cl2N4OS/c1-24-16-20-8-9-7-10(13-11(17)3-2-4-12(13)18)15(19-5-6-23)21-14(9)22-16/h2-4,7-8,23H,5-6H2,1H3,(H,19,20,21,22). The Balaban J connectivity index is 2.24. The quantitative estimate of drug-likeness (QED) is 0.512. The highest BCUT2D eigenvalue weighted by Crippen LogP contribution is 2.39. The molecule has 3 rings (SSSR count). The number of pyridine rings is 1. The Kier molecular flexibility index (Phi) is 5.40. The molecule has 0 atom stereocenters. The molecule has 0 bridgehead atoms. The molecule has 0 fully saturated rings. The van der Waals surface area contributed by atoms with Crippen LogP contribution in [-0.2, 0) is 0 Å². The highest BCUT2D eigenvalue weighted by molar-refractivity contribution is 7.98. The Morgan fingerprint density at radius 3 is 2.62 bits per heavy atom. The van der Waals surface area contributed by atoms with Gasteiger partial charge in [-0.1, -0.05) is 41.0 Å². The number of nitrogens with one attached hydrogen (secondary N) is 1. The van der Waals surface area contributed by atoms with Gasteiger partial charge in [-0.15, -0.1) is 0 Å². The fourth-order valence-corrected chi connectivity index (χ4v) is 3.24. The van der Waals surface area contributed by atoms with Crippen LogP contribution in [0, 0.1) is 0 Å². The van der Waals surface area contributed by atoms with Crippen molar-refractivity contribution in [3.05, 3.63) is 40.5 Å². The predicted octanol–water partition coefficient (Wildman–Crippen LogP) is 4.12. The fraction of sp³-hybridized carbons (Fsp3) is 0.188. The van der Waals surface area contributed by atoms with Crippen molar-refractivity contribution in [2.24, 2.45) is 0 Å². The minimum atomic E-state index is -0.0186. The Bertz CT molecular complexity index is 871. The Morgan fingerprint density at radius 1 is 1.21 bits per heavy atom. The minimum absolute atomic E-state index is 0.0186. The normalized spacial score (nSPS) is 11.0. The molecule has 3 aromatic rings. The van der Waals surface area contributed by atoms with Gasteiger partial charge in [0.1, 0.15) is 5.82 Å². The number of benzene rings is 1. The van der Waals surface area contributed by atoms with E-state index in [0.29, 0.717) is 38.8 Å². The Labute approximate surface area is 153 Å². The lowest BCUT2D eigenvalue weighted by molar-refractivity contribution is 0.311. The molecule has 0 unspecified atom stereocenters. The van der Waals surface area contributed by atoms with Gasteiger partial charge in [0, 0.05) is 29.3 Å². The first-order valence-electron chi connectivity index (χ1n) is 7.15. The van der Waals surface area contributed by atoms with E-state index in [2.05, 4.69) is 20.3 Å². The van der Waals surface area contributed by atoms with Crippen molar-refractivity contribution in [1.29, 1.82) is 0 Å². The molecule has 124 valence electrons. The number of hydrogen-bond acceptors (Lipinski definition) is 6. The maximum absolute atomic E-state index is 9.12. The van der Waals surface area contributed by atoms with E-state index < -0.39 is 0 Å². The van der Waals surface area contributed by atoms with E-state index in [-0.39, 0.29) is 6.61 Å². The number of anilines is 1. The fourth-order valence-electron chi connectivity index (χ4n) is 2.30. The summed E-state index contributed by atoms with van der Waals surface area (Å²) in [7, 11) is 0. The van der Waals surface area contributed by atoms with E-state index in [9.17, 15) is 0 Å². The average molecular weight is 381 g/mol. The molecule has 1 aromatic carbocycles. The number of aliphatic hydroxyl groups is 1. The predicted molar refractivity (Wildman–Crippen MR) is 100 cm³/mol. The van der Waals surface area contributed by atoms with Crippen LogP contribution >= 0.6 is 35.0 Å². The van der Waals surface area contributed by atoms with Gasteiger partial charge in [0.2, 0.25) is 0 Å². The lowest BCUT2D eigenvalue weighted by Gasteiger charge is -2.14. The number of rotatable bonds is 5. The molecule has 0 spiro atoms. The van der Waals surface area contributed by atoms with Crippen molar-refractivity contribution < 1.29 is 5.11 Å². The molecule has 24 heavy (non-hydrogen) atoms. The molecule has 0 aliphatic carbocycles. The summed E-state index contributed by atoms with van der Waals surface area (Å²) in [5, 5.41) is 14.7. The van der Waals surface area contributed by atoms with Gasteiger partial charge in [0.25, 0.3) is 0 Å². The summed E-state index contributed by atoms with van der Waals surface area (Å²) in [6, 6.07) is 7.24. The number of hydrogen-bond donors (Lipinski definition) is 2. The third-order valence-electron chi connectivity index (χ3n) is 3.37. The molecule has 8 heteroatoms. The van der Waals surface area contributed by atoms with Crippen LogP contribution in [0.3, 0.4) is 0 Å². The summed E-state index contributed by atoms with van der Waals surface area (Å²) < 4.78 is 0. The van der Waals surface area contributed by atoms with Crippen LogP contribution in [0.15, 0.2) is 35.6 Å². The maximum atomic E-state index is 9.12. The Morgan fingerprint density at radius 2 is 1.96 bits per heavy atom. The topological polar surface area (TPSA) is 70.9 Å². The summed E-state index contributed by atoms with van der Waals surface area (Å²) in [5.74, 6) is 0.567. The average Bonchev–Trinajstić information content (AvgIpc) is 2.59. The van der Waals surface area contributed by atoms with Crippen LogP contribution in [0.25, 0.3) is 22.2 Å². The van der Waals surface area contributed by atoms with E-state index in [4.69, 9.17) is 28.3 Å². The van der Waals surface area contributed by atoms with Crippen LogP contribution in [0.5, 0.6) is 0 Å². The maximum Gasteiger partial charge on any atom is 0.189 e. The summed E-state index contributed by atoms with van der Waals surface area (Å²) >= 11 is 14.1. The molecule has 2 N–H and O–H groups in total. The molecule has 2 heterocycles. The minimum Gasteiger partial charge on any atom is -0.395 e. The summed E-state index contributed by atoms with van der Waals surface area (Å²) in [6.45, 7) is 0.337. The monoisotopic (exact) mass is 380 g/mol. The zero-order valence-electron chi connectivity index (χ0n) is 12.8. The lowest BCUT2D eigenvalue weighted by atomic mass is 10.0. The van der Waals surface area contributed by atoms with Crippen molar-refractivity contribution in [3.8, 4) is 11.1 Å². The number of nitrogens with zero attached hydrogens (tertiary/aromatic N) is 3. The summed E-state index contributed by atoms with van der Waals surface area (Å²) in [5.41, 5.74) is 2.00. The van der Waals surface area contributed by atoms with Crippen LogP contribution < -0.4 is 5.32 Å². The largest absolute Gasteiger partial charge is 0.395 e.